The van der Waals surface area contributed by atoms with E-state index in [9.17, 15) is 9.90 Å². The molecule has 0 saturated heterocycles. The van der Waals surface area contributed by atoms with Crippen LogP contribution in [0, 0.1) is 0 Å². The van der Waals surface area contributed by atoms with Gasteiger partial charge in [0.1, 0.15) is 0 Å². The van der Waals surface area contributed by atoms with E-state index in [1.807, 2.05) is 18.2 Å². The number of nitrogens with one attached hydrogen (secondary N) is 1. The van der Waals surface area contributed by atoms with Crippen molar-refractivity contribution in [3.8, 4) is 0 Å². The molecule has 1 aliphatic heterocycles. The molecule has 1 unspecified atom stereocenters. The lowest BCUT2D eigenvalue weighted by molar-refractivity contribution is 0.0916. The molecule has 2 aromatic carbocycles. The van der Waals surface area contributed by atoms with Gasteiger partial charge >= 0.3 is 0 Å². The van der Waals surface area contributed by atoms with Gasteiger partial charge in [0.2, 0.25) is 0 Å². The van der Waals surface area contributed by atoms with Crippen LogP contribution >= 0.6 is 27.5 Å². The second-order valence-corrected chi connectivity index (χ2v) is 7.23. The zero-order valence-corrected chi connectivity index (χ0v) is 15.6. The zero-order valence-electron chi connectivity index (χ0n) is 13.2. The van der Waals surface area contributed by atoms with Gasteiger partial charge in [0.05, 0.1) is 16.7 Å². The Morgan fingerprint density at radius 2 is 2.17 bits per heavy atom. The maximum absolute atomic E-state index is 12.2. The first-order chi connectivity index (χ1) is 11.5. The van der Waals surface area contributed by atoms with Crippen molar-refractivity contribution in [1.82, 2.24) is 5.32 Å². The Morgan fingerprint density at radius 3 is 2.96 bits per heavy atom. The average Bonchev–Trinajstić information content (AvgIpc) is 2.95. The van der Waals surface area contributed by atoms with Gasteiger partial charge in [-0.3, -0.25) is 4.79 Å². The number of amides is 1. The molecule has 126 valence electrons. The summed E-state index contributed by atoms with van der Waals surface area (Å²) in [7, 11) is 2.06. The summed E-state index contributed by atoms with van der Waals surface area (Å²) in [5.74, 6) is -0.304. The van der Waals surface area contributed by atoms with Crippen molar-refractivity contribution in [1.29, 1.82) is 0 Å². The molecule has 1 heterocycles. The number of aliphatic hydroxyl groups is 1. The Morgan fingerprint density at radius 1 is 1.38 bits per heavy atom. The van der Waals surface area contributed by atoms with Crippen LogP contribution in [0.2, 0.25) is 5.02 Å². The van der Waals surface area contributed by atoms with E-state index >= 15 is 0 Å². The molecule has 1 amide bonds. The standard InChI is InChI=1S/C18H18BrClN2O2/c1-22-7-6-11-8-12(2-5-16(11)22)17(23)10-21-18(24)14-9-13(19)3-4-15(14)20/h2-5,8-9,17,23H,6-7,10H2,1H3,(H,21,24). The van der Waals surface area contributed by atoms with Gasteiger partial charge < -0.3 is 15.3 Å². The number of aliphatic hydroxyl groups excluding tert-OH is 1. The molecule has 0 spiro atoms. The highest BCUT2D eigenvalue weighted by atomic mass is 79.9. The summed E-state index contributed by atoms with van der Waals surface area (Å²) in [5, 5.41) is 13.5. The predicted molar refractivity (Wildman–Crippen MR) is 99.9 cm³/mol. The molecule has 24 heavy (non-hydrogen) atoms. The van der Waals surface area contributed by atoms with Crippen LogP contribution in [-0.4, -0.2) is 31.2 Å². The summed E-state index contributed by atoms with van der Waals surface area (Å²) in [6.07, 6.45) is 0.225. The summed E-state index contributed by atoms with van der Waals surface area (Å²) in [6, 6.07) is 11.0. The number of benzene rings is 2. The highest BCUT2D eigenvalue weighted by molar-refractivity contribution is 9.10. The first kappa shape index (κ1) is 17.3. The largest absolute Gasteiger partial charge is 0.387 e. The lowest BCUT2D eigenvalue weighted by Gasteiger charge is -2.16. The lowest BCUT2D eigenvalue weighted by Crippen LogP contribution is -2.28. The minimum atomic E-state index is -0.754. The molecule has 6 heteroatoms. The number of carbonyl (C=O) groups is 1. The molecule has 0 bridgehead atoms. The van der Waals surface area contributed by atoms with Crippen molar-refractivity contribution in [3.05, 3.63) is 62.6 Å². The van der Waals surface area contributed by atoms with Gasteiger partial charge in [-0.1, -0.05) is 39.7 Å². The highest BCUT2D eigenvalue weighted by Crippen LogP contribution is 2.29. The van der Waals surface area contributed by atoms with Crippen LogP contribution < -0.4 is 10.2 Å². The van der Waals surface area contributed by atoms with E-state index in [-0.39, 0.29) is 12.5 Å². The number of nitrogens with zero attached hydrogens (tertiary/aromatic N) is 1. The molecule has 1 atom stereocenters. The van der Waals surface area contributed by atoms with Crippen LogP contribution in [0.15, 0.2) is 40.9 Å². The number of halogens is 2. The topological polar surface area (TPSA) is 52.6 Å². The summed E-state index contributed by atoms with van der Waals surface area (Å²) >= 11 is 9.37. The van der Waals surface area contributed by atoms with Gasteiger partial charge in [-0.05, 0) is 41.8 Å². The first-order valence-corrected chi connectivity index (χ1v) is 8.88. The van der Waals surface area contributed by atoms with Crippen LogP contribution in [0.5, 0.6) is 0 Å². The van der Waals surface area contributed by atoms with Gasteiger partial charge in [0.25, 0.3) is 5.91 Å². The minimum absolute atomic E-state index is 0.135. The van der Waals surface area contributed by atoms with Gasteiger partial charge in [-0.15, -0.1) is 0 Å². The van der Waals surface area contributed by atoms with Gasteiger partial charge in [0, 0.05) is 30.3 Å². The van der Waals surface area contributed by atoms with E-state index < -0.39 is 6.10 Å². The Labute approximate surface area is 154 Å². The van der Waals surface area contributed by atoms with Gasteiger partial charge in [-0.2, -0.15) is 0 Å². The SMILES string of the molecule is CN1CCc2cc(C(O)CNC(=O)c3cc(Br)ccc3Cl)ccc21. The summed E-state index contributed by atoms with van der Waals surface area (Å²) in [5.41, 5.74) is 3.63. The van der Waals surface area contributed by atoms with Crippen LogP contribution in [0.3, 0.4) is 0 Å². The monoisotopic (exact) mass is 408 g/mol. The van der Waals surface area contributed by atoms with E-state index in [0.717, 1.165) is 23.0 Å². The Hall–Kier alpha value is -1.56. The van der Waals surface area contributed by atoms with E-state index in [1.165, 1.54) is 11.3 Å². The molecule has 1 aliphatic rings. The number of hydrogen-bond acceptors (Lipinski definition) is 3. The summed E-state index contributed by atoms with van der Waals surface area (Å²) in [6.45, 7) is 1.13. The molecule has 2 N–H and O–H groups in total. The molecule has 0 fully saturated rings. The quantitative estimate of drug-likeness (QED) is 0.812. The predicted octanol–water partition coefficient (Wildman–Crippen LogP) is 3.56. The molecule has 0 saturated carbocycles. The second-order valence-electron chi connectivity index (χ2n) is 5.91. The van der Waals surface area contributed by atoms with Crippen molar-refractivity contribution in [2.45, 2.75) is 12.5 Å². The highest BCUT2D eigenvalue weighted by Gasteiger charge is 2.19. The molecule has 0 radical (unpaired) electrons. The van der Waals surface area contributed by atoms with Crippen LogP contribution in [0.4, 0.5) is 5.69 Å². The number of rotatable bonds is 4. The third-order valence-electron chi connectivity index (χ3n) is 4.25. The van der Waals surface area contributed by atoms with E-state index in [2.05, 4.69) is 33.2 Å². The third-order valence-corrected chi connectivity index (χ3v) is 5.07. The van der Waals surface area contributed by atoms with Crippen LogP contribution in [0.25, 0.3) is 0 Å². The Kier molecular flexibility index (Phi) is 5.13. The van der Waals surface area contributed by atoms with Crippen LogP contribution in [0.1, 0.15) is 27.6 Å². The van der Waals surface area contributed by atoms with Crippen molar-refractivity contribution >= 4 is 39.1 Å². The number of hydrogen-bond donors (Lipinski definition) is 2. The molecular formula is C18H18BrClN2O2. The van der Waals surface area contributed by atoms with Gasteiger partial charge in [-0.25, -0.2) is 0 Å². The van der Waals surface area contributed by atoms with Crippen molar-refractivity contribution in [2.24, 2.45) is 0 Å². The molecular weight excluding hydrogens is 392 g/mol. The maximum Gasteiger partial charge on any atom is 0.252 e. The number of likely N-dealkylation sites (N-methyl/N-ethyl adjacent to an activating group) is 1. The first-order valence-electron chi connectivity index (χ1n) is 7.71. The second kappa shape index (κ2) is 7.13. The van der Waals surface area contributed by atoms with Crippen molar-refractivity contribution < 1.29 is 9.90 Å². The molecule has 0 aromatic heterocycles. The van der Waals surface area contributed by atoms with Crippen molar-refractivity contribution in [3.63, 3.8) is 0 Å². The Bertz CT molecular complexity index is 782. The van der Waals surface area contributed by atoms with E-state index in [4.69, 9.17) is 11.6 Å². The average molecular weight is 410 g/mol. The van der Waals surface area contributed by atoms with Crippen LogP contribution in [-0.2, 0) is 6.42 Å². The normalized spacial score (nSPS) is 14.4. The van der Waals surface area contributed by atoms with E-state index in [0.29, 0.717) is 10.6 Å². The van der Waals surface area contributed by atoms with E-state index in [1.54, 1.807) is 18.2 Å². The molecule has 2 aromatic rings. The summed E-state index contributed by atoms with van der Waals surface area (Å²) < 4.78 is 0.778. The number of fused-ring (bicyclic) bond motifs is 1. The van der Waals surface area contributed by atoms with Gasteiger partial charge in [0.15, 0.2) is 0 Å². The fraction of sp³-hybridized carbons (Fsp3) is 0.278. The number of anilines is 1. The Balaban J connectivity index is 1.66. The molecule has 4 nitrogen and oxygen atoms in total. The smallest absolute Gasteiger partial charge is 0.252 e. The fourth-order valence-corrected chi connectivity index (χ4v) is 3.43. The molecule has 3 rings (SSSR count). The van der Waals surface area contributed by atoms with Crippen molar-refractivity contribution in [2.75, 3.05) is 25.0 Å². The zero-order chi connectivity index (χ0) is 17.3. The minimum Gasteiger partial charge on any atom is -0.387 e. The fourth-order valence-electron chi connectivity index (χ4n) is 2.87. The molecule has 0 aliphatic carbocycles. The maximum atomic E-state index is 12.2. The number of carbonyl (C=O) groups excluding carboxylic acids is 1. The lowest BCUT2D eigenvalue weighted by atomic mass is 10.0. The summed E-state index contributed by atoms with van der Waals surface area (Å²) in [4.78, 5) is 14.4. The third kappa shape index (κ3) is 3.58.